The molecule has 1 aromatic rings. The summed E-state index contributed by atoms with van der Waals surface area (Å²) < 4.78 is 5.46. The number of benzene rings is 1. The maximum absolute atomic E-state index is 5.46. The number of hydrogen-bond donors (Lipinski definition) is 0. The topological polar surface area (TPSA) is 9.23 Å². The summed E-state index contributed by atoms with van der Waals surface area (Å²) in [4.78, 5) is 0. The highest BCUT2D eigenvalue weighted by atomic mass is 28.3. The summed E-state index contributed by atoms with van der Waals surface area (Å²) in [5.41, 5.74) is 4.47. The second kappa shape index (κ2) is 5.74. The smallest absolute Gasteiger partial charge is 0.129 e. The lowest BCUT2D eigenvalue weighted by molar-refractivity contribution is 0.153. The van der Waals surface area contributed by atoms with Gasteiger partial charge in [0.25, 0.3) is 0 Å². The van der Waals surface area contributed by atoms with Crippen molar-refractivity contribution < 1.29 is 4.74 Å². The molecule has 2 heteroatoms. The molecule has 0 fully saturated rings. The molecule has 0 aliphatic carbocycles. The van der Waals surface area contributed by atoms with Crippen LogP contribution in [-0.2, 0) is 11.3 Å². The first-order valence-electron chi connectivity index (χ1n) is 5.20. The zero-order valence-corrected chi connectivity index (χ0v) is 10.7. The van der Waals surface area contributed by atoms with Crippen molar-refractivity contribution in [1.82, 2.24) is 0 Å². The van der Waals surface area contributed by atoms with Crippen molar-refractivity contribution in [2.45, 2.75) is 26.2 Å². The summed E-state index contributed by atoms with van der Waals surface area (Å²) in [6.45, 7) is 7.89. The molecule has 80 valence electrons. The molecule has 1 rings (SSSR count). The van der Waals surface area contributed by atoms with Crippen LogP contribution >= 0.6 is 0 Å². The Kier molecular flexibility index (Phi) is 4.61. The quantitative estimate of drug-likeness (QED) is 0.430. The molecule has 0 saturated carbocycles. The van der Waals surface area contributed by atoms with Crippen LogP contribution in [0.2, 0.25) is 19.6 Å². The molecule has 0 saturated heterocycles. The molecule has 0 aliphatic heterocycles. The lowest BCUT2D eigenvalue weighted by Gasteiger charge is -2.04. The minimum absolute atomic E-state index is 0.541. The van der Waals surface area contributed by atoms with Gasteiger partial charge in [0.2, 0.25) is 0 Å². The van der Waals surface area contributed by atoms with Gasteiger partial charge in [0.1, 0.15) is 14.7 Å². The van der Waals surface area contributed by atoms with E-state index >= 15 is 0 Å². The first-order valence-corrected chi connectivity index (χ1v) is 8.70. The predicted molar refractivity (Wildman–Crippen MR) is 67.2 cm³/mol. The normalized spacial score (nSPS) is 10.6. The predicted octanol–water partition coefficient (Wildman–Crippen LogP) is 3.08. The third-order valence-corrected chi connectivity index (χ3v) is 2.68. The summed E-state index contributed by atoms with van der Waals surface area (Å²) in [7, 11) is -1.23. The van der Waals surface area contributed by atoms with Crippen molar-refractivity contribution in [3.8, 4) is 11.5 Å². The Labute approximate surface area is 93.5 Å². The Morgan fingerprint density at radius 2 is 1.80 bits per heavy atom. The Morgan fingerprint density at radius 3 is 2.40 bits per heavy atom. The van der Waals surface area contributed by atoms with Gasteiger partial charge in [-0.15, -0.1) is 5.54 Å². The molecule has 15 heavy (non-hydrogen) atoms. The Morgan fingerprint density at radius 1 is 1.13 bits per heavy atom. The van der Waals surface area contributed by atoms with Gasteiger partial charge in [-0.05, 0) is 5.56 Å². The number of ether oxygens (including phenoxy) is 1. The van der Waals surface area contributed by atoms with E-state index < -0.39 is 8.07 Å². The summed E-state index contributed by atoms with van der Waals surface area (Å²) in [5.74, 6) is 3.09. The minimum atomic E-state index is -1.23. The standard InChI is InChI=1S/C13H18OSi/c1-15(2,3)11-7-10-14-12-13-8-5-4-6-9-13/h4-6,8-9H,10,12H2,1-3H3. The third kappa shape index (κ3) is 6.11. The summed E-state index contributed by atoms with van der Waals surface area (Å²) in [6.07, 6.45) is 0. The van der Waals surface area contributed by atoms with Crippen LogP contribution in [0.25, 0.3) is 0 Å². The number of rotatable bonds is 3. The minimum Gasteiger partial charge on any atom is -0.364 e. The molecule has 0 heterocycles. The van der Waals surface area contributed by atoms with E-state index in [0.717, 1.165) is 0 Å². The highest BCUT2D eigenvalue weighted by Crippen LogP contribution is 2.00. The lowest BCUT2D eigenvalue weighted by atomic mass is 10.2. The fourth-order valence-corrected chi connectivity index (χ4v) is 1.70. The Bertz CT molecular complexity index is 340. The molecule has 0 amide bonds. The van der Waals surface area contributed by atoms with Gasteiger partial charge in [-0.1, -0.05) is 55.9 Å². The lowest BCUT2D eigenvalue weighted by Crippen LogP contribution is -2.16. The van der Waals surface area contributed by atoms with Gasteiger partial charge in [0, 0.05) is 0 Å². The molecular formula is C13H18OSi. The molecule has 1 nitrogen and oxygen atoms in total. The first kappa shape index (κ1) is 12.0. The summed E-state index contributed by atoms with van der Waals surface area (Å²) in [5, 5.41) is 0. The molecular weight excluding hydrogens is 200 g/mol. The zero-order chi connectivity index (χ0) is 11.1. The van der Waals surface area contributed by atoms with Gasteiger partial charge < -0.3 is 4.74 Å². The highest BCUT2D eigenvalue weighted by Gasteiger charge is 2.06. The fraction of sp³-hybridized carbons (Fsp3) is 0.385. The van der Waals surface area contributed by atoms with Crippen LogP contribution in [0.4, 0.5) is 0 Å². The molecule has 0 aromatic heterocycles. The van der Waals surface area contributed by atoms with Gasteiger partial charge in [0.05, 0.1) is 6.61 Å². The molecule has 0 bridgehead atoms. The van der Waals surface area contributed by atoms with Crippen LogP contribution in [-0.4, -0.2) is 14.7 Å². The van der Waals surface area contributed by atoms with Crippen molar-refractivity contribution in [3.63, 3.8) is 0 Å². The Hall–Kier alpha value is -1.04. The highest BCUT2D eigenvalue weighted by molar-refractivity contribution is 6.83. The van der Waals surface area contributed by atoms with Crippen molar-refractivity contribution in [1.29, 1.82) is 0 Å². The van der Waals surface area contributed by atoms with E-state index in [9.17, 15) is 0 Å². The maximum atomic E-state index is 5.46. The molecule has 0 N–H and O–H groups in total. The molecule has 1 aromatic carbocycles. The van der Waals surface area contributed by atoms with Crippen molar-refractivity contribution >= 4 is 8.07 Å². The van der Waals surface area contributed by atoms with Crippen molar-refractivity contribution in [2.24, 2.45) is 0 Å². The van der Waals surface area contributed by atoms with E-state index in [1.54, 1.807) is 0 Å². The monoisotopic (exact) mass is 218 g/mol. The largest absolute Gasteiger partial charge is 0.364 e. The van der Waals surface area contributed by atoms with Gasteiger partial charge >= 0.3 is 0 Å². The molecule has 0 atom stereocenters. The molecule has 0 spiro atoms. The van der Waals surface area contributed by atoms with Crippen LogP contribution in [0.1, 0.15) is 5.56 Å². The van der Waals surface area contributed by atoms with E-state index in [4.69, 9.17) is 4.74 Å². The van der Waals surface area contributed by atoms with Gasteiger partial charge in [-0.25, -0.2) is 0 Å². The SMILES string of the molecule is C[Si](C)(C)C#CCOCc1ccccc1. The van der Waals surface area contributed by atoms with E-state index in [-0.39, 0.29) is 0 Å². The van der Waals surface area contributed by atoms with Crippen LogP contribution in [0.3, 0.4) is 0 Å². The van der Waals surface area contributed by atoms with E-state index in [0.29, 0.717) is 13.2 Å². The third-order valence-electron chi connectivity index (χ3n) is 1.75. The van der Waals surface area contributed by atoms with Crippen molar-refractivity contribution in [3.05, 3.63) is 35.9 Å². The van der Waals surface area contributed by atoms with Gasteiger partial charge in [-0.3, -0.25) is 0 Å². The van der Waals surface area contributed by atoms with E-state index in [2.05, 4.69) is 43.2 Å². The maximum Gasteiger partial charge on any atom is 0.129 e. The number of hydrogen-bond acceptors (Lipinski definition) is 1. The summed E-state index contributed by atoms with van der Waals surface area (Å²) in [6, 6.07) is 10.2. The van der Waals surface area contributed by atoms with Gasteiger partial charge in [0.15, 0.2) is 0 Å². The average Bonchev–Trinajstić information content (AvgIpc) is 2.17. The van der Waals surface area contributed by atoms with Crippen LogP contribution in [0, 0.1) is 11.5 Å². The fourth-order valence-electron chi connectivity index (χ4n) is 1.10. The Balaban J connectivity index is 2.25. The van der Waals surface area contributed by atoms with Crippen LogP contribution < -0.4 is 0 Å². The zero-order valence-electron chi connectivity index (χ0n) is 9.71. The first-order chi connectivity index (χ1) is 7.08. The van der Waals surface area contributed by atoms with E-state index in [1.165, 1.54) is 5.56 Å². The average molecular weight is 218 g/mol. The van der Waals surface area contributed by atoms with Gasteiger partial charge in [-0.2, -0.15) is 0 Å². The second-order valence-electron chi connectivity index (χ2n) is 4.53. The van der Waals surface area contributed by atoms with Crippen LogP contribution in [0.15, 0.2) is 30.3 Å². The molecule has 0 aliphatic rings. The van der Waals surface area contributed by atoms with Crippen molar-refractivity contribution in [2.75, 3.05) is 6.61 Å². The van der Waals surface area contributed by atoms with Crippen LogP contribution in [0.5, 0.6) is 0 Å². The molecule has 0 unspecified atom stereocenters. The summed E-state index contributed by atoms with van der Waals surface area (Å²) >= 11 is 0. The van der Waals surface area contributed by atoms with E-state index in [1.807, 2.05) is 18.2 Å². The second-order valence-corrected chi connectivity index (χ2v) is 9.28. The molecule has 0 radical (unpaired) electrons.